The summed E-state index contributed by atoms with van der Waals surface area (Å²) in [5, 5.41) is 0. The standard InChI is InChI=1S/C21H31F3O3/c1-2-3-4-5-6-7-14-25-19-10-8-18(9-11-19)20-26-15-17(16-27-20)12-13-21(22,23)24/h8-11,17,20H,2-7,12-16H2,1H3. The van der Waals surface area contributed by atoms with E-state index < -0.39 is 18.9 Å². The average Bonchev–Trinajstić information content (AvgIpc) is 2.66. The highest BCUT2D eigenvalue weighted by Crippen LogP contribution is 2.30. The third kappa shape index (κ3) is 8.98. The number of hydrogen-bond donors (Lipinski definition) is 0. The Morgan fingerprint density at radius 2 is 1.59 bits per heavy atom. The second-order valence-electron chi connectivity index (χ2n) is 7.20. The van der Waals surface area contributed by atoms with Crippen LogP contribution in [0.5, 0.6) is 5.75 Å². The van der Waals surface area contributed by atoms with Crippen molar-refractivity contribution in [2.24, 2.45) is 5.92 Å². The highest BCUT2D eigenvalue weighted by Gasteiger charge is 2.30. The van der Waals surface area contributed by atoms with Crippen LogP contribution in [0, 0.1) is 5.92 Å². The number of hydrogen-bond acceptors (Lipinski definition) is 3. The van der Waals surface area contributed by atoms with E-state index in [1.54, 1.807) is 0 Å². The molecule has 1 aromatic rings. The monoisotopic (exact) mass is 388 g/mol. The molecule has 1 heterocycles. The van der Waals surface area contributed by atoms with Crippen LogP contribution in [0.3, 0.4) is 0 Å². The first kappa shape index (κ1) is 22.0. The third-order valence-corrected chi connectivity index (χ3v) is 4.72. The zero-order valence-electron chi connectivity index (χ0n) is 16.1. The van der Waals surface area contributed by atoms with Crippen molar-refractivity contribution in [1.82, 2.24) is 0 Å². The lowest BCUT2D eigenvalue weighted by molar-refractivity contribution is -0.211. The maximum absolute atomic E-state index is 12.3. The normalized spacial score (nSPS) is 20.6. The first-order chi connectivity index (χ1) is 13.0. The summed E-state index contributed by atoms with van der Waals surface area (Å²) < 4.78 is 53.8. The number of ether oxygens (including phenoxy) is 3. The van der Waals surface area contributed by atoms with Crippen LogP contribution in [0.4, 0.5) is 13.2 Å². The van der Waals surface area contributed by atoms with Crippen LogP contribution < -0.4 is 4.74 Å². The Labute approximate surface area is 160 Å². The zero-order chi connectivity index (χ0) is 19.5. The van der Waals surface area contributed by atoms with Gasteiger partial charge in [0.05, 0.1) is 19.8 Å². The van der Waals surface area contributed by atoms with Gasteiger partial charge in [-0.2, -0.15) is 13.2 Å². The number of unbranched alkanes of at least 4 members (excludes halogenated alkanes) is 5. The molecule has 0 amide bonds. The van der Waals surface area contributed by atoms with E-state index in [0.717, 1.165) is 17.7 Å². The van der Waals surface area contributed by atoms with Crippen molar-refractivity contribution in [2.75, 3.05) is 19.8 Å². The minimum atomic E-state index is -4.12. The highest BCUT2D eigenvalue weighted by molar-refractivity contribution is 5.28. The molecule has 0 unspecified atom stereocenters. The Hall–Kier alpha value is -1.27. The summed E-state index contributed by atoms with van der Waals surface area (Å²) in [5.74, 6) is 0.606. The summed E-state index contributed by atoms with van der Waals surface area (Å²) in [4.78, 5) is 0. The summed E-state index contributed by atoms with van der Waals surface area (Å²) >= 11 is 0. The summed E-state index contributed by atoms with van der Waals surface area (Å²) in [6.45, 7) is 3.50. The van der Waals surface area contributed by atoms with E-state index in [1.807, 2.05) is 24.3 Å². The molecule has 1 fully saturated rings. The first-order valence-corrected chi connectivity index (χ1v) is 10.0. The molecule has 3 nitrogen and oxygen atoms in total. The molecule has 0 saturated carbocycles. The van der Waals surface area contributed by atoms with Crippen molar-refractivity contribution >= 4 is 0 Å². The summed E-state index contributed by atoms with van der Waals surface area (Å²) in [6.07, 6.45) is 1.97. The van der Waals surface area contributed by atoms with Crippen molar-refractivity contribution in [1.29, 1.82) is 0 Å². The molecule has 2 rings (SSSR count). The van der Waals surface area contributed by atoms with Crippen molar-refractivity contribution in [3.63, 3.8) is 0 Å². The van der Waals surface area contributed by atoms with E-state index in [2.05, 4.69) is 6.92 Å². The molecule has 1 saturated heterocycles. The van der Waals surface area contributed by atoms with Gasteiger partial charge in [0.15, 0.2) is 6.29 Å². The molecular formula is C21H31F3O3. The Kier molecular flexibility index (Phi) is 9.42. The molecule has 0 atom stereocenters. The Bertz CT molecular complexity index is 508. The first-order valence-electron chi connectivity index (χ1n) is 10.0. The van der Waals surface area contributed by atoms with Crippen LogP contribution in [0.25, 0.3) is 0 Å². The zero-order valence-corrected chi connectivity index (χ0v) is 16.1. The van der Waals surface area contributed by atoms with Gasteiger partial charge in [0.25, 0.3) is 0 Å². The summed E-state index contributed by atoms with van der Waals surface area (Å²) in [6, 6.07) is 7.54. The highest BCUT2D eigenvalue weighted by atomic mass is 19.4. The fourth-order valence-electron chi connectivity index (χ4n) is 3.06. The van der Waals surface area contributed by atoms with Gasteiger partial charge in [-0.25, -0.2) is 0 Å². The number of benzene rings is 1. The van der Waals surface area contributed by atoms with Gasteiger partial charge in [0, 0.05) is 17.9 Å². The van der Waals surface area contributed by atoms with Gasteiger partial charge in [0.1, 0.15) is 5.75 Å². The van der Waals surface area contributed by atoms with Gasteiger partial charge < -0.3 is 14.2 Å². The van der Waals surface area contributed by atoms with Crippen LogP contribution >= 0.6 is 0 Å². The van der Waals surface area contributed by atoms with Crippen molar-refractivity contribution in [3.8, 4) is 5.75 Å². The molecule has 1 aliphatic heterocycles. The minimum Gasteiger partial charge on any atom is -0.494 e. The average molecular weight is 388 g/mol. The molecule has 0 aromatic heterocycles. The van der Waals surface area contributed by atoms with Crippen LogP contribution in [0.1, 0.15) is 70.1 Å². The molecule has 154 valence electrons. The summed E-state index contributed by atoms with van der Waals surface area (Å²) in [7, 11) is 0. The lowest BCUT2D eigenvalue weighted by Crippen LogP contribution is -2.28. The predicted octanol–water partition coefficient (Wildman–Crippen LogP) is 6.43. The molecule has 0 aliphatic carbocycles. The van der Waals surface area contributed by atoms with Crippen LogP contribution in [-0.2, 0) is 9.47 Å². The number of alkyl halides is 3. The minimum absolute atomic E-state index is 0.0431. The molecular weight excluding hydrogens is 357 g/mol. The van der Waals surface area contributed by atoms with E-state index in [9.17, 15) is 13.2 Å². The van der Waals surface area contributed by atoms with E-state index in [4.69, 9.17) is 14.2 Å². The summed E-state index contributed by atoms with van der Waals surface area (Å²) in [5.41, 5.74) is 0.858. The SMILES string of the molecule is CCCCCCCCOc1ccc(C2OCC(CCC(F)(F)F)CO2)cc1. The largest absolute Gasteiger partial charge is 0.494 e. The molecule has 0 bridgehead atoms. The molecule has 0 spiro atoms. The van der Waals surface area contributed by atoms with E-state index in [-0.39, 0.29) is 25.6 Å². The molecule has 1 aromatic carbocycles. The maximum Gasteiger partial charge on any atom is 0.389 e. The molecule has 27 heavy (non-hydrogen) atoms. The fourth-order valence-corrected chi connectivity index (χ4v) is 3.06. The lowest BCUT2D eigenvalue weighted by Gasteiger charge is -2.29. The topological polar surface area (TPSA) is 27.7 Å². The Balaban J connectivity index is 1.64. The molecule has 0 radical (unpaired) electrons. The van der Waals surface area contributed by atoms with Crippen molar-refractivity contribution in [3.05, 3.63) is 29.8 Å². The second-order valence-corrected chi connectivity index (χ2v) is 7.20. The van der Waals surface area contributed by atoms with Crippen LogP contribution in [0.2, 0.25) is 0 Å². The van der Waals surface area contributed by atoms with E-state index in [0.29, 0.717) is 6.61 Å². The number of halogens is 3. The smallest absolute Gasteiger partial charge is 0.389 e. The van der Waals surface area contributed by atoms with Gasteiger partial charge >= 0.3 is 6.18 Å². The Morgan fingerprint density at radius 3 is 2.22 bits per heavy atom. The van der Waals surface area contributed by atoms with Gasteiger partial charge in [0.2, 0.25) is 0 Å². The Morgan fingerprint density at radius 1 is 0.963 bits per heavy atom. The maximum atomic E-state index is 12.3. The molecule has 6 heteroatoms. The van der Waals surface area contributed by atoms with Crippen molar-refractivity contribution in [2.45, 2.75) is 70.8 Å². The van der Waals surface area contributed by atoms with Gasteiger partial charge in [-0.1, -0.05) is 51.2 Å². The lowest BCUT2D eigenvalue weighted by atomic mass is 10.0. The fraction of sp³-hybridized carbons (Fsp3) is 0.714. The van der Waals surface area contributed by atoms with E-state index in [1.165, 1.54) is 32.1 Å². The predicted molar refractivity (Wildman–Crippen MR) is 98.7 cm³/mol. The van der Waals surface area contributed by atoms with Crippen molar-refractivity contribution < 1.29 is 27.4 Å². The van der Waals surface area contributed by atoms with Gasteiger partial charge in [-0.3, -0.25) is 0 Å². The molecule has 0 N–H and O–H groups in total. The van der Waals surface area contributed by atoms with Gasteiger partial charge in [-0.15, -0.1) is 0 Å². The number of rotatable bonds is 11. The quantitative estimate of drug-likeness (QED) is 0.409. The van der Waals surface area contributed by atoms with Crippen LogP contribution in [-0.4, -0.2) is 26.0 Å². The molecule has 1 aliphatic rings. The van der Waals surface area contributed by atoms with E-state index >= 15 is 0 Å². The third-order valence-electron chi connectivity index (χ3n) is 4.72. The second kappa shape index (κ2) is 11.5. The van der Waals surface area contributed by atoms with Crippen LogP contribution in [0.15, 0.2) is 24.3 Å². The van der Waals surface area contributed by atoms with Gasteiger partial charge in [-0.05, 0) is 25.0 Å².